The fourth-order valence-electron chi connectivity index (χ4n) is 3.83. The summed E-state index contributed by atoms with van der Waals surface area (Å²) in [6.45, 7) is 3.62. The average Bonchev–Trinajstić information content (AvgIpc) is 3.29. The maximum atomic E-state index is 13.1. The van der Waals surface area contributed by atoms with Crippen molar-refractivity contribution in [2.45, 2.75) is 50.0 Å². The lowest BCUT2D eigenvalue weighted by Crippen LogP contribution is -2.38. The monoisotopic (exact) mass is 416 g/mol. The summed E-state index contributed by atoms with van der Waals surface area (Å²) in [5.74, 6) is -1.67. The van der Waals surface area contributed by atoms with Crippen LogP contribution in [0.3, 0.4) is 0 Å². The number of Topliss-reactive ketones (excluding diaryl/α,β-unsaturated/α-hetero) is 1. The van der Waals surface area contributed by atoms with Gasteiger partial charge in [0.1, 0.15) is 5.92 Å². The van der Waals surface area contributed by atoms with E-state index >= 15 is 0 Å². The molecule has 154 valence electrons. The number of rotatable bonds is 6. The molecule has 9 heteroatoms. The number of anilines is 1. The summed E-state index contributed by atoms with van der Waals surface area (Å²) in [5.41, 5.74) is 1.47. The van der Waals surface area contributed by atoms with Crippen LogP contribution in [0.2, 0.25) is 0 Å². The maximum absolute atomic E-state index is 13.1. The lowest BCUT2D eigenvalue weighted by Gasteiger charge is -2.25. The van der Waals surface area contributed by atoms with Gasteiger partial charge in [-0.05, 0) is 55.9 Å². The first-order valence-corrected chi connectivity index (χ1v) is 11.1. The Hall–Kier alpha value is -2.52. The summed E-state index contributed by atoms with van der Waals surface area (Å²) in [4.78, 5) is 25.7. The molecule has 29 heavy (non-hydrogen) atoms. The van der Waals surface area contributed by atoms with Gasteiger partial charge in [-0.1, -0.05) is 6.92 Å². The van der Waals surface area contributed by atoms with Crippen LogP contribution in [0.15, 0.2) is 29.4 Å². The number of nitrogens with one attached hydrogen (secondary N) is 2. The molecule has 1 atom stereocenters. The second kappa shape index (κ2) is 6.77. The molecule has 8 nitrogen and oxygen atoms in total. The molecule has 1 aromatic carbocycles. The number of ketones is 1. The number of hydrogen-bond acceptors (Lipinski definition) is 5. The molecule has 0 saturated heterocycles. The van der Waals surface area contributed by atoms with E-state index in [1.54, 1.807) is 37.1 Å². The molecule has 1 aliphatic heterocycles. The Labute approximate surface area is 169 Å². The summed E-state index contributed by atoms with van der Waals surface area (Å²) in [6, 6.07) is 2.96. The van der Waals surface area contributed by atoms with E-state index < -0.39 is 15.9 Å². The van der Waals surface area contributed by atoms with Crippen LogP contribution in [0.1, 0.15) is 47.7 Å². The van der Waals surface area contributed by atoms with Gasteiger partial charge in [0.05, 0.1) is 16.8 Å². The summed E-state index contributed by atoms with van der Waals surface area (Å²) in [5, 5.41) is 6.83. The van der Waals surface area contributed by atoms with Gasteiger partial charge >= 0.3 is 0 Å². The lowest BCUT2D eigenvalue weighted by molar-refractivity contribution is -0.118. The third-order valence-corrected chi connectivity index (χ3v) is 7.56. The summed E-state index contributed by atoms with van der Waals surface area (Å²) in [6.07, 6.45) is 5.93. The third kappa shape index (κ3) is 3.60. The number of nitrogens with zero attached hydrogens (tertiary/aromatic N) is 2. The number of amides is 1. The number of carbonyl (C=O) groups is 2. The largest absolute Gasteiger partial charge is 0.325 e. The predicted octanol–water partition coefficient (Wildman–Crippen LogP) is 1.94. The standard InChI is InChI=1S/C20H24N4O4S/c1-4-20(5-6-20)23-29(27,28)17-9-14-16(7-12(17)2)22-19(26)15(18(14)25)8-13-10-21-24(3)11-13/h7,9-11,15,23H,4-6,8H2,1-3H3,(H,22,26). The molecule has 2 N–H and O–H groups in total. The first-order chi connectivity index (χ1) is 13.6. The van der Waals surface area contributed by atoms with Gasteiger partial charge in [0, 0.05) is 24.3 Å². The first-order valence-electron chi connectivity index (χ1n) is 9.65. The highest BCUT2D eigenvalue weighted by molar-refractivity contribution is 7.89. The molecule has 1 amide bonds. The molecular formula is C20H24N4O4S. The molecule has 1 saturated carbocycles. The van der Waals surface area contributed by atoms with E-state index in [1.807, 2.05) is 6.92 Å². The molecule has 0 radical (unpaired) electrons. The number of hydrogen-bond donors (Lipinski definition) is 2. The van der Waals surface area contributed by atoms with E-state index in [4.69, 9.17) is 0 Å². The Balaban J connectivity index is 1.68. The van der Waals surface area contributed by atoms with Crippen molar-refractivity contribution in [3.63, 3.8) is 0 Å². The van der Waals surface area contributed by atoms with Crippen LogP contribution in [0.25, 0.3) is 0 Å². The minimum atomic E-state index is -3.77. The third-order valence-electron chi connectivity index (χ3n) is 5.84. The zero-order chi connectivity index (χ0) is 21.0. The van der Waals surface area contributed by atoms with Crippen LogP contribution >= 0.6 is 0 Å². The van der Waals surface area contributed by atoms with Crippen molar-refractivity contribution in [2.24, 2.45) is 13.0 Å². The molecule has 1 fully saturated rings. The Morgan fingerprint density at radius 3 is 2.62 bits per heavy atom. The number of fused-ring (bicyclic) bond motifs is 1. The van der Waals surface area contributed by atoms with Crippen LogP contribution in [-0.4, -0.2) is 35.4 Å². The van der Waals surface area contributed by atoms with E-state index in [-0.39, 0.29) is 34.1 Å². The minimum Gasteiger partial charge on any atom is -0.325 e. The van der Waals surface area contributed by atoms with Crippen molar-refractivity contribution in [1.82, 2.24) is 14.5 Å². The topological polar surface area (TPSA) is 110 Å². The SMILES string of the molecule is CCC1(NS(=O)(=O)c2cc3c(cc2C)NC(=O)C(Cc2cnn(C)c2)C3=O)CC1. The van der Waals surface area contributed by atoms with Crippen molar-refractivity contribution in [2.75, 3.05) is 5.32 Å². The number of sulfonamides is 1. The highest BCUT2D eigenvalue weighted by Gasteiger charge is 2.45. The van der Waals surface area contributed by atoms with E-state index in [0.717, 1.165) is 24.8 Å². The van der Waals surface area contributed by atoms with E-state index in [0.29, 0.717) is 11.3 Å². The second-order valence-corrected chi connectivity index (χ2v) is 9.69. The highest BCUT2D eigenvalue weighted by atomic mass is 32.2. The Bertz CT molecular complexity index is 1120. The number of aryl methyl sites for hydroxylation is 2. The van der Waals surface area contributed by atoms with Gasteiger partial charge in [-0.2, -0.15) is 5.10 Å². The lowest BCUT2D eigenvalue weighted by atomic mass is 9.87. The number of carbonyl (C=O) groups excluding carboxylic acids is 2. The molecule has 1 aromatic heterocycles. The maximum Gasteiger partial charge on any atom is 0.241 e. The van der Waals surface area contributed by atoms with Crippen molar-refractivity contribution >= 4 is 27.4 Å². The van der Waals surface area contributed by atoms with Gasteiger partial charge in [-0.3, -0.25) is 14.3 Å². The van der Waals surface area contributed by atoms with Gasteiger partial charge in [-0.25, -0.2) is 13.1 Å². The quantitative estimate of drug-likeness (QED) is 0.700. The molecule has 1 unspecified atom stereocenters. The summed E-state index contributed by atoms with van der Waals surface area (Å²) >= 11 is 0. The van der Waals surface area contributed by atoms with Crippen LogP contribution in [0.4, 0.5) is 5.69 Å². The van der Waals surface area contributed by atoms with Crippen LogP contribution in [0.5, 0.6) is 0 Å². The summed E-state index contributed by atoms with van der Waals surface area (Å²) in [7, 11) is -2.01. The highest BCUT2D eigenvalue weighted by Crippen LogP contribution is 2.40. The van der Waals surface area contributed by atoms with E-state index in [9.17, 15) is 18.0 Å². The van der Waals surface area contributed by atoms with E-state index in [1.165, 1.54) is 6.07 Å². The van der Waals surface area contributed by atoms with Crippen molar-refractivity contribution in [3.8, 4) is 0 Å². The predicted molar refractivity (Wildman–Crippen MR) is 107 cm³/mol. The molecular weight excluding hydrogens is 392 g/mol. The molecule has 2 aliphatic rings. The molecule has 2 heterocycles. The fourth-order valence-corrected chi connectivity index (χ4v) is 5.61. The van der Waals surface area contributed by atoms with Gasteiger partial charge < -0.3 is 5.32 Å². The Morgan fingerprint density at radius 1 is 1.31 bits per heavy atom. The first kappa shape index (κ1) is 19.8. The van der Waals surface area contributed by atoms with Gasteiger partial charge in [0.2, 0.25) is 15.9 Å². The van der Waals surface area contributed by atoms with Crippen LogP contribution in [0, 0.1) is 12.8 Å². The number of benzene rings is 1. The van der Waals surface area contributed by atoms with Crippen molar-refractivity contribution < 1.29 is 18.0 Å². The van der Waals surface area contributed by atoms with Gasteiger partial charge in [0.25, 0.3) is 0 Å². The Kier molecular flexibility index (Phi) is 4.62. The smallest absolute Gasteiger partial charge is 0.241 e. The molecule has 0 bridgehead atoms. The molecule has 2 aromatic rings. The molecule has 4 rings (SSSR count). The van der Waals surface area contributed by atoms with Gasteiger partial charge in [-0.15, -0.1) is 0 Å². The minimum absolute atomic E-state index is 0.0839. The zero-order valence-corrected chi connectivity index (χ0v) is 17.5. The molecule has 1 aliphatic carbocycles. The normalized spacial score (nSPS) is 20.3. The second-order valence-electron chi connectivity index (χ2n) is 8.04. The van der Waals surface area contributed by atoms with E-state index in [2.05, 4.69) is 15.1 Å². The van der Waals surface area contributed by atoms with Crippen molar-refractivity contribution in [1.29, 1.82) is 0 Å². The average molecular weight is 417 g/mol. The Morgan fingerprint density at radius 2 is 2.03 bits per heavy atom. The van der Waals surface area contributed by atoms with Gasteiger partial charge in [0.15, 0.2) is 5.78 Å². The molecule has 0 spiro atoms. The van der Waals surface area contributed by atoms with Crippen LogP contribution < -0.4 is 10.0 Å². The fraction of sp³-hybridized carbons (Fsp3) is 0.450. The zero-order valence-electron chi connectivity index (χ0n) is 16.7. The van der Waals surface area contributed by atoms with Crippen molar-refractivity contribution in [3.05, 3.63) is 41.2 Å². The number of aromatic nitrogens is 2. The summed E-state index contributed by atoms with van der Waals surface area (Å²) < 4.78 is 30.4. The van der Waals surface area contributed by atoms with Crippen LogP contribution in [-0.2, 0) is 28.3 Å².